The first-order chi connectivity index (χ1) is 35.7. The molecule has 0 spiro atoms. The largest absolute Gasteiger partial charge is 0.312 e. The Morgan fingerprint density at radius 1 is 0.280 bits per heavy atom. The Bertz CT molecular complexity index is 4320. The van der Waals surface area contributed by atoms with Gasteiger partial charge in [-0.2, -0.15) is 0 Å². The quantitative estimate of drug-likeness (QED) is 0.156. The van der Waals surface area contributed by atoms with Crippen molar-refractivity contribution < 1.29 is 0 Å². The highest BCUT2D eigenvalue weighted by Gasteiger charge is 2.29. The van der Waals surface area contributed by atoms with Gasteiger partial charge in [0, 0.05) is 42.8 Å². The number of hydrogen-bond acceptors (Lipinski definition) is 4. The van der Waals surface area contributed by atoms with Gasteiger partial charge in [0.15, 0.2) is 17.5 Å². The van der Waals surface area contributed by atoms with Gasteiger partial charge in [0.05, 0.1) is 0 Å². The molecule has 75 heavy (non-hydrogen) atoms. The lowest BCUT2D eigenvalue weighted by Gasteiger charge is -2.25. The summed E-state index contributed by atoms with van der Waals surface area (Å²) in [5.41, 5.74) is 36.4. The average molecular weight is 957 g/mol. The maximum atomic E-state index is 5.74. The third-order valence-electron chi connectivity index (χ3n) is 18.7. The second kappa shape index (κ2) is 18.6. The molecular weight excluding hydrogens is 906 g/mol. The zero-order chi connectivity index (χ0) is 53.5. The second-order valence-corrected chi connectivity index (χ2v) is 23.1. The summed E-state index contributed by atoms with van der Waals surface area (Å²) in [5.74, 6) is 2.06. The average Bonchev–Trinajstić information content (AvgIpc) is 4.05. The third-order valence-corrected chi connectivity index (χ3v) is 20.1. The highest BCUT2D eigenvalue weighted by molar-refractivity contribution is 7.28. The van der Waals surface area contributed by atoms with Crippen molar-refractivity contribution >= 4 is 306 Å². The number of rotatable bonds is 6. The number of benzene rings is 8. The van der Waals surface area contributed by atoms with Crippen LogP contribution in [-0.4, -0.2) is 169 Å². The van der Waals surface area contributed by atoms with Gasteiger partial charge in [-0.25, -0.2) is 15.0 Å². The zero-order valence-electron chi connectivity index (χ0n) is 47.7. The summed E-state index contributed by atoms with van der Waals surface area (Å²) in [4.78, 5) is 17.0. The van der Waals surface area contributed by atoms with E-state index < -0.39 is 0 Å². The van der Waals surface area contributed by atoms with Gasteiger partial charge in [0.2, 0.25) is 0 Å². The summed E-state index contributed by atoms with van der Waals surface area (Å²) in [5, 5.41) is 5.41. The van der Waals surface area contributed by atoms with Crippen molar-refractivity contribution in [1.29, 1.82) is 0 Å². The molecule has 11 aromatic rings. The summed E-state index contributed by atoms with van der Waals surface area (Å²) in [7, 11) is 43.8. The van der Waals surface area contributed by atoms with Gasteiger partial charge in [0.1, 0.15) is 149 Å². The predicted octanol–water partition coefficient (Wildman–Crippen LogP) is -19.4. The van der Waals surface area contributed by atoms with Gasteiger partial charge < -0.3 is 4.57 Å². The normalized spacial score (nSPS) is 11.7. The van der Waals surface area contributed by atoms with Crippen LogP contribution in [0.5, 0.6) is 0 Å². The Balaban J connectivity index is 1.24. The molecule has 24 heteroatoms. The maximum absolute atomic E-state index is 5.74. The van der Waals surface area contributed by atoms with E-state index in [-0.39, 0.29) is 0 Å². The zero-order valence-corrected chi connectivity index (χ0v) is 48.5. The van der Waals surface area contributed by atoms with Crippen molar-refractivity contribution in [3.05, 3.63) is 78.9 Å². The van der Waals surface area contributed by atoms with Crippen LogP contribution < -0.4 is 104 Å². The van der Waals surface area contributed by atoms with E-state index in [4.69, 9.17) is 15.0 Å². The summed E-state index contributed by atoms with van der Waals surface area (Å²) >= 11 is 1.93. The van der Waals surface area contributed by atoms with E-state index >= 15 is 0 Å². The van der Waals surface area contributed by atoms with E-state index in [1.165, 1.54) is 163 Å². The Kier molecular flexibility index (Phi) is 12.7. The molecule has 0 aliphatic rings. The van der Waals surface area contributed by atoms with Crippen molar-refractivity contribution in [2.24, 2.45) is 0 Å². The number of fused-ring (bicyclic) bond motifs is 6. The maximum Gasteiger partial charge on any atom is 0.164 e. The summed E-state index contributed by atoms with van der Waals surface area (Å²) in [6, 6.07) is 28.2. The predicted molar refractivity (Wildman–Crippen MR) is 390 cm³/mol. The van der Waals surface area contributed by atoms with E-state index in [0.717, 1.165) is 27.8 Å². The Morgan fingerprint density at radius 2 is 0.653 bits per heavy atom. The van der Waals surface area contributed by atoms with E-state index in [1.54, 1.807) is 0 Å². The van der Waals surface area contributed by atoms with Crippen LogP contribution in [0.15, 0.2) is 78.9 Å². The van der Waals surface area contributed by atoms with Crippen molar-refractivity contribution in [3.63, 3.8) is 0 Å². The van der Waals surface area contributed by atoms with Crippen molar-refractivity contribution in [2.45, 2.75) is 0 Å². The van der Waals surface area contributed by atoms with Crippen LogP contribution in [0.2, 0.25) is 0 Å². The Morgan fingerprint density at radius 3 is 1.23 bits per heavy atom. The number of nitrogens with zero attached hydrogens (tertiary/aromatic N) is 4. The SMILES string of the molecule is Bc1c(B)c(B)c(-n2c3c(B)c(B)c(B)c(B)c3c3c(B)c(B)c(-c4nc(-c5cccc(-c6ccc(-c7ccccc7)cc6)c5)nc(-c5c(B)c(B)c6c(sc7c(B)c(B)c(B)c(B)c76)c5B)n4)c(B)c32)c(B)c1B. The minimum Gasteiger partial charge on any atom is -0.312 e. The third kappa shape index (κ3) is 7.56. The lowest BCUT2D eigenvalue weighted by molar-refractivity contribution is 1.08. The summed E-state index contributed by atoms with van der Waals surface area (Å²) in [6.07, 6.45) is 0. The molecule has 4 nitrogen and oxygen atoms in total. The van der Waals surface area contributed by atoms with Crippen LogP contribution in [0.25, 0.3) is 104 Å². The van der Waals surface area contributed by atoms with Crippen LogP contribution in [0, 0.1) is 0 Å². The number of thiophene rings is 1. The van der Waals surface area contributed by atoms with Gasteiger partial charge in [0.25, 0.3) is 0 Å². The highest BCUT2D eigenvalue weighted by atomic mass is 32.1. The topological polar surface area (TPSA) is 43.6 Å². The molecule has 0 saturated carbocycles. The van der Waals surface area contributed by atoms with Crippen LogP contribution in [0.1, 0.15) is 0 Å². The van der Waals surface area contributed by atoms with Crippen LogP contribution in [0.4, 0.5) is 0 Å². The van der Waals surface area contributed by atoms with Crippen LogP contribution >= 0.6 is 11.3 Å². The Labute approximate surface area is 463 Å². The van der Waals surface area contributed by atoms with Gasteiger partial charge >= 0.3 is 0 Å². The molecule has 0 unspecified atom stereocenters. The van der Waals surface area contributed by atoms with Gasteiger partial charge in [-0.15, -0.1) is 33.2 Å². The molecule has 3 aromatic heterocycles. The number of aromatic nitrogens is 4. The van der Waals surface area contributed by atoms with Gasteiger partial charge in [-0.3, -0.25) is 0 Å². The lowest BCUT2D eigenvalue weighted by atomic mass is 9.61. The molecule has 0 atom stereocenters. The molecule has 0 aliphatic carbocycles. The van der Waals surface area contributed by atoms with E-state index in [9.17, 15) is 0 Å². The summed E-state index contributed by atoms with van der Waals surface area (Å²) in [6.45, 7) is 0. The molecule has 0 aliphatic heterocycles. The molecule has 0 bridgehead atoms. The molecule has 0 N–H and O–H groups in total. The van der Waals surface area contributed by atoms with Crippen LogP contribution in [0.3, 0.4) is 0 Å². The Hall–Kier alpha value is -5.98. The molecule has 3 heterocycles. The van der Waals surface area contributed by atoms with E-state index in [1.807, 2.05) is 11.3 Å². The minimum atomic E-state index is 0.662. The monoisotopic (exact) mass is 961 g/mol. The first-order valence-corrected chi connectivity index (χ1v) is 27.5. The molecule has 0 fully saturated rings. The van der Waals surface area contributed by atoms with Crippen molar-refractivity contribution in [3.8, 4) is 62.1 Å². The van der Waals surface area contributed by atoms with Crippen molar-refractivity contribution in [1.82, 2.24) is 19.5 Å². The highest BCUT2D eigenvalue weighted by Crippen LogP contribution is 2.34. The van der Waals surface area contributed by atoms with Gasteiger partial charge in [-0.1, -0.05) is 155 Å². The molecule has 0 saturated heterocycles. The van der Waals surface area contributed by atoms with E-state index in [0.29, 0.717) is 17.5 Å². The molecule has 0 radical (unpaired) electrons. The lowest BCUT2D eigenvalue weighted by Crippen LogP contribution is -2.56. The fraction of sp³-hybridized carbons (Fsp3) is 0. The van der Waals surface area contributed by atoms with E-state index in [2.05, 4.69) is 233 Å². The first-order valence-electron chi connectivity index (χ1n) is 26.7. The smallest absolute Gasteiger partial charge is 0.164 e. The minimum absolute atomic E-state index is 0.662. The fourth-order valence-electron chi connectivity index (χ4n) is 12.8. The molecule has 338 valence electrons. The molecule has 8 aromatic carbocycles. The van der Waals surface area contributed by atoms with Crippen molar-refractivity contribution in [2.75, 3.05) is 0 Å². The standard InChI is InChI=1S/C51H51B19N4S/c52-25-19-20-26(53)33(60)36(63)40(67)45(20)74(46-41(68)37(64)35(62)38(65)42(46)69)44(19)31(58)23(29(25)56)50-71-49(18-8-4-7-17(13-18)16-11-9-15(10-12-16)14-5-2-1-3-6-14)72-51(73-50)24-30(57)27(54)21-22-28(55)34(61)39(66)43(70)48(22)75-47(21)32(24)59/h1-13H,52-70H2. The number of hydrogen-bond donors (Lipinski definition) is 0. The fourth-order valence-corrected chi connectivity index (χ4v) is 14.3. The second-order valence-electron chi connectivity index (χ2n) is 22.1. The first kappa shape index (κ1) is 51.1. The summed E-state index contributed by atoms with van der Waals surface area (Å²) < 4.78 is 5.33. The van der Waals surface area contributed by atoms with Gasteiger partial charge in [-0.05, 0) is 49.9 Å². The molecular formula is C51H51B19N4S. The molecule has 0 amide bonds. The van der Waals surface area contributed by atoms with Crippen LogP contribution in [-0.2, 0) is 0 Å². The molecule has 11 rings (SSSR count).